The molecule has 1 unspecified atom stereocenters. The Morgan fingerprint density at radius 1 is 1.23 bits per heavy atom. The molecule has 1 aliphatic rings. The lowest BCUT2D eigenvalue weighted by molar-refractivity contribution is 0.233. The fourth-order valence-electron chi connectivity index (χ4n) is 4.51. The molecule has 0 radical (unpaired) electrons. The van der Waals surface area contributed by atoms with Gasteiger partial charge in [0.1, 0.15) is 5.82 Å². The normalized spacial score (nSPS) is 16.0. The quantitative estimate of drug-likeness (QED) is 0.535. The number of pyridine rings is 1. The number of hydrogen-bond acceptors (Lipinski definition) is 5. The van der Waals surface area contributed by atoms with Crippen LogP contribution in [0.1, 0.15) is 57.3 Å². The Hall–Kier alpha value is -3.27. The number of sulfone groups is 1. The summed E-state index contributed by atoms with van der Waals surface area (Å²) >= 11 is 0. The van der Waals surface area contributed by atoms with E-state index < -0.39 is 15.4 Å². The minimum Gasteiger partial charge on any atom is -0.331 e. The third kappa shape index (κ3) is 5.07. The van der Waals surface area contributed by atoms with Gasteiger partial charge in [0.15, 0.2) is 14.9 Å². The fourth-order valence-corrected chi connectivity index (χ4v) is 5.11. The molecule has 0 fully saturated rings. The molecule has 10 heteroatoms. The van der Waals surface area contributed by atoms with E-state index in [0.717, 1.165) is 24.1 Å². The number of carbonyl (C=O) groups is 1. The van der Waals surface area contributed by atoms with Gasteiger partial charge in [-0.1, -0.05) is 13.3 Å². The Balaban J connectivity index is 1.67. The van der Waals surface area contributed by atoms with Crippen LogP contribution in [-0.2, 0) is 16.3 Å². The first-order chi connectivity index (χ1) is 16.5. The molecule has 1 aromatic carbocycles. The first kappa shape index (κ1) is 24.8. The van der Waals surface area contributed by atoms with Crippen LogP contribution in [0.4, 0.5) is 14.9 Å². The molecule has 1 atom stereocenters. The number of hydrogen-bond donors (Lipinski definition) is 1. The summed E-state index contributed by atoms with van der Waals surface area (Å²) in [5.74, 6) is -0.325. The van der Waals surface area contributed by atoms with Gasteiger partial charge in [0.2, 0.25) is 0 Å². The number of benzene rings is 1. The van der Waals surface area contributed by atoms with Crippen molar-refractivity contribution in [2.75, 3.05) is 11.2 Å². The summed E-state index contributed by atoms with van der Waals surface area (Å²) in [5.41, 5.74) is 2.52. The zero-order valence-electron chi connectivity index (χ0n) is 20.3. The Labute approximate surface area is 205 Å². The van der Waals surface area contributed by atoms with Crippen molar-refractivity contribution in [1.82, 2.24) is 20.1 Å². The van der Waals surface area contributed by atoms with Crippen LogP contribution in [0.2, 0.25) is 0 Å². The van der Waals surface area contributed by atoms with Crippen molar-refractivity contribution in [2.24, 2.45) is 0 Å². The molecule has 4 rings (SSSR count). The lowest BCUT2D eigenvalue weighted by Gasteiger charge is -2.42. The molecule has 35 heavy (non-hydrogen) atoms. The van der Waals surface area contributed by atoms with Crippen molar-refractivity contribution in [3.05, 3.63) is 65.9 Å². The zero-order valence-corrected chi connectivity index (χ0v) is 21.1. The molecule has 1 N–H and O–H groups in total. The Morgan fingerprint density at radius 3 is 2.60 bits per heavy atom. The molecule has 3 aromatic rings. The summed E-state index contributed by atoms with van der Waals surface area (Å²) in [4.78, 5) is 19.4. The van der Waals surface area contributed by atoms with Crippen LogP contribution in [0.3, 0.4) is 0 Å². The number of nitrogens with zero attached hydrogens (tertiary/aromatic N) is 4. The van der Waals surface area contributed by atoms with Crippen LogP contribution >= 0.6 is 0 Å². The predicted octanol–water partition coefficient (Wildman–Crippen LogP) is 4.59. The molecule has 8 nitrogen and oxygen atoms in total. The highest BCUT2D eigenvalue weighted by molar-refractivity contribution is 7.90. The fraction of sp³-hybridized carbons (Fsp3) is 0.400. The molecular formula is C25H30FN5O3S. The second-order valence-electron chi connectivity index (χ2n) is 9.50. The van der Waals surface area contributed by atoms with E-state index in [0.29, 0.717) is 30.5 Å². The van der Waals surface area contributed by atoms with Crippen molar-refractivity contribution in [3.8, 4) is 5.69 Å². The summed E-state index contributed by atoms with van der Waals surface area (Å²) in [6, 6.07) is 8.67. The van der Waals surface area contributed by atoms with Crippen molar-refractivity contribution in [1.29, 1.82) is 0 Å². The number of anilines is 1. The molecular weight excluding hydrogens is 469 g/mol. The van der Waals surface area contributed by atoms with Gasteiger partial charge in [-0.3, -0.25) is 4.90 Å². The smallest absolute Gasteiger partial charge is 0.322 e. The SMILES string of the molecule is CCCC(NC(=O)N1c2cnn(-c3ccc(F)cc3)c2CCC1(C)C)c1ccnc(S(C)(=O)=O)c1. The van der Waals surface area contributed by atoms with Gasteiger partial charge in [-0.05, 0) is 75.1 Å². The molecule has 1 aliphatic heterocycles. The topological polar surface area (TPSA) is 97.2 Å². The highest BCUT2D eigenvalue weighted by Gasteiger charge is 2.40. The summed E-state index contributed by atoms with van der Waals surface area (Å²) < 4.78 is 39.2. The highest BCUT2D eigenvalue weighted by Crippen LogP contribution is 2.38. The maximum atomic E-state index is 13.7. The summed E-state index contributed by atoms with van der Waals surface area (Å²) in [7, 11) is -3.48. The summed E-state index contributed by atoms with van der Waals surface area (Å²) in [6.07, 6.45) is 7.09. The summed E-state index contributed by atoms with van der Waals surface area (Å²) in [6.45, 7) is 6.02. The van der Waals surface area contributed by atoms with Gasteiger partial charge >= 0.3 is 6.03 Å². The number of halogens is 1. The summed E-state index contributed by atoms with van der Waals surface area (Å²) in [5, 5.41) is 7.60. The van der Waals surface area contributed by atoms with Crippen molar-refractivity contribution in [2.45, 2.75) is 63.1 Å². The molecule has 0 saturated heterocycles. The van der Waals surface area contributed by atoms with E-state index in [1.807, 2.05) is 20.8 Å². The van der Waals surface area contributed by atoms with E-state index in [1.54, 1.807) is 34.0 Å². The lowest BCUT2D eigenvalue weighted by Crippen LogP contribution is -2.55. The molecule has 0 aliphatic carbocycles. The third-order valence-electron chi connectivity index (χ3n) is 6.36. The first-order valence-corrected chi connectivity index (χ1v) is 13.5. The molecule has 2 aromatic heterocycles. The number of urea groups is 1. The van der Waals surface area contributed by atoms with E-state index in [1.165, 1.54) is 24.4 Å². The van der Waals surface area contributed by atoms with Crippen molar-refractivity contribution >= 4 is 21.6 Å². The standard InChI is InChI=1S/C25H30FN5O3S/c1-5-6-20(17-12-14-27-23(15-17)35(4,33)34)29-24(32)30-22-16-28-31(19-9-7-18(26)8-10-19)21(22)11-13-25(30,2)3/h7-10,12,14-16,20H,5-6,11,13H2,1-4H3,(H,29,32). The van der Waals surface area contributed by atoms with Crippen LogP contribution in [0, 0.1) is 5.82 Å². The largest absolute Gasteiger partial charge is 0.331 e. The van der Waals surface area contributed by atoms with E-state index in [-0.39, 0.29) is 22.9 Å². The maximum Gasteiger partial charge on any atom is 0.322 e. The minimum atomic E-state index is -3.48. The van der Waals surface area contributed by atoms with Crippen LogP contribution in [0.5, 0.6) is 0 Å². The van der Waals surface area contributed by atoms with Crippen LogP contribution in [0.25, 0.3) is 5.69 Å². The van der Waals surface area contributed by atoms with Crippen LogP contribution in [0.15, 0.2) is 53.8 Å². The average molecular weight is 500 g/mol. The number of carbonyl (C=O) groups excluding carboxylic acids is 1. The average Bonchev–Trinajstić information content (AvgIpc) is 3.21. The number of rotatable bonds is 6. The molecule has 0 spiro atoms. The van der Waals surface area contributed by atoms with E-state index >= 15 is 0 Å². The zero-order chi connectivity index (χ0) is 25.4. The number of fused-ring (bicyclic) bond motifs is 1. The molecule has 0 bridgehead atoms. The maximum absolute atomic E-state index is 13.7. The van der Waals surface area contributed by atoms with Crippen molar-refractivity contribution < 1.29 is 17.6 Å². The van der Waals surface area contributed by atoms with Gasteiger partial charge < -0.3 is 5.32 Å². The van der Waals surface area contributed by atoms with Gasteiger partial charge in [-0.25, -0.2) is 27.3 Å². The minimum absolute atomic E-state index is 0.0217. The van der Waals surface area contributed by atoms with Gasteiger partial charge in [0.25, 0.3) is 0 Å². The third-order valence-corrected chi connectivity index (χ3v) is 7.34. The van der Waals surface area contributed by atoms with Gasteiger partial charge in [-0.15, -0.1) is 0 Å². The monoisotopic (exact) mass is 499 g/mol. The molecule has 186 valence electrons. The predicted molar refractivity (Wildman–Crippen MR) is 132 cm³/mol. The second kappa shape index (κ2) is 9.41. The number of nitrogens with one attached hydrogen (secondary N) is 1. The Kier molecular flexibility index (Phi) is 6.68. The Morgan fingerprint density at radius 2 is 1.94 bits per heavy atom. The van der Waals surface area contributed by atoms with E-state index in [9.17, 15) is 17.6 Å². The van der Waals surface area contributed by atoms with Crippen LogP contribution in [-0.4, -0.2) is 41.0 Å². The molecule has 2 amide bonds. The number of aromatic nitrogens is 3. The van der Waals surface area contributed by atoms with Crippen molar-refractivity contribution in [3.63, 3.8) is 0 Å². The van der Waals surface area contributed by atoms with Gasteiger partial charge in [0, 0.05) is 18.0 Å². The van der Waals surface area contributed by atoms with Gasteiger partial charge in [-0.2, -0.15) is 5.10 Å². The Bertz CT molecular complexity index is 1340. The van der Waals surface area contributed by atoms with Gasteiger partial charge in [0.05, 0.1) is 29.3 Å². The first-order valence-electron chi connectivity index (χ1n) is 11.6. The lowest BCUT2D eigenvalue weighted by atomic mass is 9.90. The molecule has 0 saturated carbocycles. The van der Waals surface area contributed by atoms with E-state index in [2.05, 4.69) is 15.4 Å². The van der Waals surface area contributed by atoms with E-state index in [4.69, 9.17) is 0 Å². The highest BCUT2D eigenvalue weighted by atomic mass is 32.2. The van der Waals surface area contributed by atoms with Crippen LogP contribution < -0.4 is 10.2 Å². The number of amides is 2. The molecule has 3 heterocycles. The second-order valence-corrected chi connectivity index (χ2v) is 11.5.